The number of rotatable bonds is 5. The molecule has 2 rings (SSSR count). The van der Waals surface area contributed by atoms with E-state index in [4.69, 9.17) is 16.3 Å². The van der Waals surface area contributed by atoms with E-state index in [1.54, 1.807) is 0 Å². The number of amides is 1. The number of hydrogen-bond donors (Lipinski definition) is 1. The zero-order valence-corrected chi connectivity index (χ0v) is 14.9. The highest BCUT2D eigenvalue weighted by atomic mass is 35.5. The van der Waals surface area contributed by atoms with Crippen molar-refractivity contribution < 1.29 is 19.2 Å². The van der Waals surface area contributed by atoms with Crippen LogP contribution in [-0.2, 0) is 9.53 Å². The zero-order valence-electron chi connectivity index (χ0n) is 14.2. The molecule has 0 aromatic heterocycles. The molecule has 1 aliphatic carbocycles. The van der Waals surface area contributed by atoms with Crippen molar-refractivity contribution in [3.05, 3.63) is 38.9 Å². The van der Waals surface area contributed by atoms with Gasteiger partial charge in [-0.1, -0.05) is 38.3 Å². The Hall–Kier alpha value is -2.15. The first kappa shape index (κ1) is 19.2. The Morgan fingerprint density at radius 3 is 2.76 bits per heavy atom. The summed E-state index contributed by atoms with van der Waals surface area (Å²) >= 11 is 5.78. The standard InChI is InChI=1S/C17H21ClN2O5/c1-10-4-3-5-14(11(10)2)19-16(21)9-25-17(22)13-8-12(18)6-7-15(13)20(23)24/h6-8,10-11,14H,3-5,9H2,1-2H3,(H,19,21)/t10-,11-,14-/m1/s1. The molecule has 1 amide bonds. The van der Waals surface area contributed by atoms with Crippen molar-refractivity contribution in [2.24, 2.45) is 11.8 Å². The SMILES string of the molecule is C[C@@H]1[C@H](C)CCC[C@H]1NC(=O)COC(=O)c1cc(Cl)ccc1[N+](=O)[O-]. The number of halogens is 1. The molecular weight excluding hydrogens is 348 g/mol. The van der Waals surface area contributed by atoms with E-state index >= 15 is 0 Å². The minimum absolute atomic E-state index is 0.0513. The van der Waals surface area contributed by atoms with Crippen molar-refractivity contribution in [2.45, 2.75) is 39.2 Å². The van der Waals surface area contributed by atoms with Crippen molar-refractivity contribution in [3.8, 4) is 0 Å². The van der Waals surface area contributed by atoms with Crippen molar-refractivity contribution in [1.82, 2.24) is 5.32 Å². The third-order valence-electron chi connectivity index (χ3n) is 4.76. The number of benzene rings is 1. The molecule has 0 unspecified atom stereocenters. The van der Waals surface area contributed by atoms with Crippen molar-refractivity contribution in [2.75, 3.05) is 6.61 Å². The maximum absolute atomic E-state index is 12.1. The molecule has 136 valence electrons. The summed E-state index contributed by atoms with van der Waals surface area (Å²) in [5.74, 6) is -0.489. The lowest BCUT2D eigenvalue weighted by molar-refractivity contribution is -0.385. The summed E-state index contributed by atoms with van der Waals surface area (Å²) in [5, 5.41) is 14.0. The van der Waals surface area contributed by atoms with Crippen LogP contribution in [0.2, 0.25) is 5.02 Å². The first-order valence-corrected chi connectivity index (χ1v) is 8.57. The summed E-state index contributed by atoms with van der Waals surface area (Å²) in [4.78, 5) is 34.4. The number of ether oxygens (including phenoxy) is 1. The molecule has 1 N–H and O–H groups in total. The highest BCUT2D eigenvalue weighted by Gasteiger charge is 2.28. The van der Waals surface area contributed by atoms with Gasteiger partial charge in [0.25, 0.3) is 11.6 Å². The number of carbonyl (C=O) groups is 2. The smallest absolute Gasteiger partial charge is 0.345 e. The number of nitro benzene ring substituents is 1. The summed E-state index contributed by atoms with van der Waals surface area (Å²) in [6.07, 6.45) is 3.08. The third-order valence-corrected chi connectivity index (χ3v) is 5.00. The van der Waals surface area contributed by atoms with Crippen LogP contribution in [0.3, 0.4) is 0 Å². The molecule has 0 heterocycles. The summed E-state index contributed by atoms with van der Waals surface area (Å²) in [5.41, 5.74) is -0.686. The molecule has 8 heteroatoms. The largest absolute Gasteiger partial charge is 0.452 e. The molecule has 1 aromatic carbocycles. The zero-order chi connectivity index (χ0) is 18.6. The number of hydrogen-bond acceptors (Lipinski definition) is 5. The lowest BCUT2D eigenvalue weighted by atomic mass is 9.78. The minimum Gasteiger partial charge on any atom is -0.452 e. The monoisotopic (exact) mass is 368 g/mol. The molecule has 0 spiro atoms. The van der Waals surface area contributed by atoms with E-state index in [-0.39, 0.29) is 16.6 Å². The van der Waals surface area contributed by atoms with Gasteiger partial charge in [0, 0.05) is 17.1 Å². The van der Waals surface area contributed by atoms with E-state index in [1.807, 2.05) is 0 Å². The van der Waals surface area contributed by atoms with Crippen LogP contribution in [0, 0.1) is 22.0 Å². The fraction of sp³-hybridized carbons (Fsp3) is 0.529. The van der Waals surface area contributed by atoms with Crippen LogP contribution in [0.1, 0.15) is 43.5 Å². The van der Waals surface area contributed by atoms with Crippen LogP contribution in [0.15, 0.2) is 18.2 Å². The molecule has 0 bridgehead atoms. The van der Waals surface area contributed by atoms with Gasteiger partial charge in [0.15, 0.2) is 6.61 Å². The fourth-order valence-electron chi connectivity index (χ4n) is 3.07. The van der Waals surface area contributed by atoms with E-state index in [9.17, 15) is 19.7 Å². The highest BCUT2D eigenvalue weighted by molar-refractivity contribution is 6.31. The minimum atomic E-state index is -0.950. The summed E-state index contributed by atoms with van der Waals surface area (Å²) in [6.45, 7) is 3.76. The van der Waals surface area contributed by atoms with E-state index in [0.29, 0.717) is 11.8 Å². The van der Waals surface area contributed by atoms with Crippen molar-refractivity contribution >= 4 is 29.2 Å². The molecule has 3 atom stereocenters. The van der Waals surface area contributed by atoms with Crippen molar-refractivity contribution in [3.63, 3.8) is 0 Å². The maximum Gasteiger partial charge on any atom is 0.345 e. The molecule has 0 radical (unpaired) electrons. The number of esters is 1. The lowest BCUT2D eigenvalue weighted by Crippen LogP contribution is -2.45. The van der Waals surface area contributed by atoms with Gasteiger partial charge < -0.3 is 10.1 Å². The first-order chi connectivity index (χ1) is 11.8. The topological polar surface area (TPSA) is 98.5 Å². The number of nitro groups is 1. The summed E-state index contributed by atoms with van der Waals surface area (Å²) in [6, 6.07) is 3.65. The van der Waals surface area contributed by atoms with E-state index < -0.39 is 29.1 Å². The van der Waals surface area contributed by atoms with Gasteiger partial charge in [-0.15, -0.1) is 0 Å². The second-order valence-electron chi connectivity index (χ2n) is 6.44. The predicted octanol–water partition coefficient (Wildman–Crippen LogP) is 3.35. The molecule has 1 aromatic rings. The Labute approximate surface area is 150 Å². The van der Waals surface area contributed by atoms with E-state index in [0.717, 1.165) is 31.4 Å². The van der Waals surface area contributed by atoms with Gasteiger partial charge in [-0.3, -0.25) is 14.9 Å². The van der Waals surface area contributed by atoms with Crippen LogP contribution in [0.4, 0.5) is 5.69 Å². The van der Waals surface area contributed by atoms with Gasteiger partial charge in [-0.2, -0.15) is 0 Å². The Morgan fingerprint density at radius 2 is 2.08 bits per heavy atom. The van der Waals surface area contributed by atoms with Gasteiger partial charge in [0.2, 0.25) is 0 Å². The summed E-state index contributed by atoms with van der Waals surface area (Å²) in [7, 11) is 0. The molecule has 0 aliphatic heterocycles. The number of carbonyl (C=O) groups excluding carboxylic acids is 2. The lowest BCUT2D eigenvalue weighted by Gasteiger charge is -2.34. The number of nitrogens with one attached hydrogen (secondary N) is 1. The Kier molecular flexibility index (Phi) is 6.36. The van der Waals surface area contributed by atoms with Crippen LogP contribution in [0.5, 0.6) is 0 Å². The quantitative estimate of drug-likeness (QED) is 0.488. The molecule has 1 saturated carbocycles. The molecule has 7 nitrogen and oxygen atoms in total. The van der Waals surface area contributed by atoms with Gasteiger partial charge >= 0.3 is 5.97 Å². The molecule has 0 saturated heterocycles. The van der Waals surface area contributed by atoms with Gasteiger partial charge in [-0.05, 0) is 30.4 Å². The second kappa shape index (κ2) is 8.29. The Balaban J connectivity index is 1.95. The van der Waals surface area contributed by atoms with E-state index in [1.165, 1.54) is 6.07 Å². The maximum atomic E-state index is 12.1. The van der Waals surface area contributed by atoms with Crippen LogP contribution < -0.4 is 5.32 Å². The second-order valence-corrected chi connectivity index (χ2v) is 6.87. The number of nitrogens with zero attached hydrogens (tertiary/aromatic N) is 1. The average Bonchev–Trinajstić information content (AvgIpc) is 2.56. The molecule has 1 fully saturated rings. The predicted molar refractivity (Wildman–Crippen MR) is 92.5 cm³/mol. The van der Waals surface area contributed by atoms with Gasteiger partial charge in [-0.25, -0.2) is 4.79 Å². The summed E-state index contributed by atoms with van der Waals surface area (Å²) < 4.78 is 4.93. The normalized spacial score (nSPS) is 22.9. The van der Waals surface area contributed by atoms with Gasteiger partial charge in [0.05, 0.1) is 4.92 Å². The van der Waals surface area contributed by atoms with Crippen LogP contribution in [0.25, 0.3) is 0 Å². The Bertz CT molecular complexity index is 679. The fourth-order valence-corrected chi connectivity index (χ4v) is 3.25. The molecule has 25 heavy (non-hydrogen) atoms. The van der Waals surface area contributed by atoms with E-state index in [2.05, 4.69) is 19.2 Å². The van der Waals surface area contributed by atoms with Crippen LogP contribution >= 0.6 is 11.6 Å². The average molecular weight is 369 g/mol. The first-order valence-electron chi connectivity index (χ1n) is 8.20. The van der Waals surface area contributed by atoms with Crippen LogP contribution in [-0.4, -0.2) is 29.4 Å². The highest BCUT2D eigenvalue weighted by Crippen LogP contribution is 2.29. The molecular formula is C17H21ClN2O5. The Morgan fingerprint density at radius 1 is 1.36 bits per heavy atom. The third kappa shape index (κ3) is 4.92. The molecule has 1 aliphatic rings. The van der Waals surface area contributed by atoms with Gasteiger partial charge in [0.1, 0.15) is 5.56 Å². The van der Waals surface area contributed by atoms with Crippen molar-refractivity contribution in [1.29, 1.82) is 0 Å².